The maximum Gasteiger partial charge on any atom is 0.242 e. The second kappa shape index (κ2) is 6.39. The number of sulfonamides is 1. The summed E-state index contributed by atoms with van der Waals surface area (Å²) in [6, 6.07) is 7.22. The predicted octanol–water partition coefficient (Wildman–Crippen LogP) is 3.86. The molecule has 1 N–H and O–H groups in total. The van der Waals surface area contributed by atoms with E-state index in [1.165, 1.54) is 24.3 Å². The fourth-order valence-corrected chi connectivity index (χ4v) is 3.65. The Kier molecular flexibility index (Phi) is 4.98. The summed E-state index contributed by atoms with van der Waals surface area (Å²) < 4.78 is 53.3. The highest BCUT2D eigenvalue weighted by Gasteiger charge is 2.18. The maximum atomic E-state index is 13.5. The first-order valence-electron chi connectivity index (χ1n) is 5.68. The van der Waals surface area contributed by atoms with Crippen LogP contribution in [0.5, 0.6) is 0 Å². The van der Waals surface area contributed by atoms with Crippen molar-refractivity contribution in [3.8, 4) is 0 Å². The Morgan fingerprint density at radius 1 is 1.14 bits per heavy atom. The molecule has 0 spiro atoms. The van der Waals surface area contributed by atoms with Crippen molar-refractivity contribution in [3.63, 3.8) is 0 Å². The van der Waals surface area contributed by atoms with Crippen molar-refractivity contribution in [3.05, 3.63) is 63.1 Å². The van der Waals surface area contributed by atoms with Gasteiger partial charge in [-0.15, -0.1) is 0 Å². The number of nitrogens with one attached hydrogen (secondary N) is 1. The second-order valence-electron chi connectivity index (χ2n) is 4.14. The van der Waals surface area contributed by atoms with Crippen LogP contribution >= 0.6 is 27.5 Å². The fraction of sp³-hybridized carbons (Fsp3) is 0.0769. The normalized spacial score (nSPS) is 11.6. The highest BCUT2D eigenvalue weighted by atomic mass is 79.9. The van der Waals surface area contributed by atoms with Gasteiger partial charge in [-0.1, -0.05) is 33.6 Å². The van der Waals surface area contributed by atoms with Crippen molar-refractivity contribution in [1.29, 1.82) is 0 Å². The third-order valence-corrected chi connectivity index (χ3v) is 5.03. The fourth-order valence-electron chi connectivity index (χ4n) is 1.61. The van der Waals surface area contributed by atoms with E-state index in [0.717, 1.165) is 6.07 Å². The van der Waals surface area contributed by atoms with E-state index >= 15 is 0 Å². The third-order valence-electron chi connectivity index (χ3n) is 2.65. The molecule has 0 saturated carbocycles. The zero-order valence-corrected chi connectivity index (χ0v) is 13.6. The Hall–Kier alpha value is -1.02. The quantitative estimate of drug-likeness (QED) is 0.853. The van der Waals surface area contributed by atoms with E-state index in [2.05, 4.69) is 20.7 Å². The molecule has 21 heavy (non-hydrogen) atoms. The van der Waals surface area contributed by atoms with Crippen LogP contribution in [0.2, 0.25) is 5.02 Å². The molecule has 0 heterocycles. The molecule has 3 nitrogen and oxygen atoms in total. The van der Waals surface area contributed by atoms with Gasteiger partial charge in [0.05, 0.1) is 5.02 Å². The largest absolute Gasteiger partial charge is 0.242 e. The van der Waals surface area contributed by atoms with Crippen molar-refractivity contribution in [1.82, 2.24) is 4.72 Å². The molecule has 0 unspecified atom stereocenters. The molecular weight excluding hydrogens is 388 g/mol. The summed E-state index contributed by atoms with van der Waals surface area (Å²) in [5.74, 6) is -1.55. The van der Waals surface area contributed by atoms with Gasteiger partial charge in [-0.05, 0) is 24.3 Å². The standard InChI is InChI=1S/C13H9BrClF2NO2S/c14-9-2-4-13(11(15)5-9)21(19,20)18-7-8-1-3-10(16)6-12(8)17/h1-6,18H,7H2. The highest BCUT2D eigenvalue weighted by Crippen LogP contribution is 2.25. The minimum Gasteiger partial charge on any atom is -0.207 e. The molecule has 0 aliphatic carbocycles. The van der Waals surface area contributed by atoms with Crippen LogP contribution in [0.3, 0.4) is 0 Å². The van der Waals surface area contributed by atoms with Crippen LogP contribution in [0.15, 0.2) is 45.8 Å². The van der Waals surface area contributed by atoms with Gasteiger partial charge in [-0.25, -0.2) is 21.9 Å². The van der Waals surface area contributed by atoms with Crippen LogP contribution in [-0.2, 0) is 16.6 Å². The molecular formula is C13H9BrClF2NO2S. The van der Waals surface area contributed by atoms with Crippen LogP contribution in [0, 0.1) is 11.6 Å². The average molecular weight is 397 g/mol. The first-order valence-corrected chi connectivity index (χ1v) is 8.33. The van der Waals surface area contributed by atoms with E-state index in [1.54, 1.807) is 0 Å². The van der Waals surface area contributed by atoms with Crippen LogP contribution in [0.4, 0.5) is 8.78 Å². The lowest BCUT2D eigenvalue weighted by Gasteiger charge is -2.09. The lowest BCUT2D eigenvalue weighted by Crippen LogP contribution is -2.24. The smallest absolute Gasteiger partial charge is 0.207 e. The molecule has 0 fully saturated rings. The maximum absolute atomic E-state index is 13.5. The summed E-state index contributed by atoms with van der Waals surface area (Å²) >= 11 is 9.05. The molecule has 2 rings (SSSR count). The van der Waals surface area contributed by atoms with E-state index in [1.807, 2.05) is 0 Å². The Morgan fingerprint density at radius 2 is 1.86 bits per heavy atom. The van der Waals surface area contributed by atoms with Gasteiger partial charge >= 0.3 is 0 Å². The molecule has 0 atom stereocenters. The van der Waals surface area contributed by atoms with Gasteiger partial charge in [0, 0.05) is 22.6 Å². The average Bonchev–Trinajstić information content (AvgIpc) is 2.37. The number of hydrogen-bond donors (Lipinski definition) is 1. The Morgan fingerprint density at radius 3 is 2.48 bits per heavy atom. The van der Waals surface area contributed by atoms with Gasteiger partial charge in [0.2, 0.25) is 10.0 Å². The molecule has 0 aliphatic rings. The monoisotopic (exact) mass is 395 g/mol. The lowest BCUT2D eigenvalue weighted by molar-refractivity contribution is 0.562. The molecule has 0 aromatic heterocycles. The first kappa shape index (κ1) is 16.4. The van der Waals surface area contributed by atoms with Crippen molar-refractivity contribution in [2.24, 2.45) is 0 Å². The van der Waals surface area contributed by atoms with E-state index in [4.69, 9.17) is 11.6 Å². The summed E-state index contributed by atoms with van der Waals surface area (Å²) in [5.41, 5.74) is 0.0354. The summed E-state index contributed by atoms with van der Waals surface area (Å²) in [6.07, 6.45) is 0. The molecule has 0 amide bonds. The van der Waals surface area contributed by atoms with Gasteiger partial charge in [-0.3, -0.25) is 0 Å². The van der Waals surface area contributed by atoms with E-state index < -0.39 is 21.7 Å². The molecule has 0 radical (unpaired) electrons. The highest BCUT2D eigenvalue weighted by molar-refractivity contribution is 9.10. The van der Waals surface area contributed by atoms with E-state index in [0.29, 0.717) is 10.5 Å². The van der Waals surface area contributed by atoms with Crippen molar-refractivity contribution >= 4 is 37.6 Å². The summed E-state index contributed by atoms with van der Waals surface area (Å²) in [7, 11) is -3.90. The van der Waals surface area contributed by atoms with E-state index in [9.17, 15) is 17.2 Å². The van der Waals surface area contributed by atoms with Crippen molar-refractivity contribution < 1.29 is 17.2 Å². The SMILES string of the molecule is O=S(=O)(NCc1ccc(F)cc1F)c1ccc(Br)cc1Cl. The molecule has 0 aliphatic heterocycles. The third kappa shape index (κ3) is 4.00. The summed E-state index contributed by atoms with van der Waals surface area (Å²) in [4.78, 5) is -0.116. The Bertz CT molecular complexity index is 784. The molecule has 112 valence electrons. The van der Waals surface area contributed by atoms with Crippen LogP contribution in [0.25, 0.3) is 0 Å². The number of rotatable bonds is 4. The Labute approximate surface area is 134 Å². The first-order chi connectivity index (χ1) is 9.79. The molecule has 2 aromatic rings. The zero-order valence-electron chi connectivity index (χ0n) is 10.4. The van der Waals surface area contributed by atoms with Crippen LogP contribution in [0.1, 0.15) is 5.56 Å². The van der Waals surface area contributed by atoms with Gasteiger partial charge in [0.15, 0.2) is 0 Å². The molecule has 0 bridgehead atoms. The predicted molar refractivity (Wildman–Crippen MR) is 79.5 cm³/mol. The Balaban J connectivity index is 2.22. The van der Waals surface area contributed by atoms with Gasteiger partial charge in [0.1, 0.15) is 16.5 Å². The molecule has 2 aromatic carbocycles. The molecule has 0 saturated heterocycles. The minimum atomic E-state index is -3.90. The number of hydrogen-bond acceptors (Lipinski definition) is 2. The van der Waals surface area contributed by atoms with Crippen molar-refractivity contribution in [2.75, 3.05) is 0 Å². The van der Waals surface area contributed by atoms with Gasteiger partial charge in [0.25, 0.3) is 0 Å². The topological polar surface area (TPSA) is 46.2 Å². The van der Waals surface area contributed by atoms with Crippen LogP contribution in [-0.4, -0.2) is 8.42 Å². The van der Waals surface area contributed by atoms with Crippen molar-refractivity contribution in [2.45, 2.75) is 11.4 Å². The molecule has 8 heteroatoms. The van der Waals surface area contributed by atoms with Crippen LogP contribution < -0.4 is 4.72 Å². The summed E-state index contributed by atoms with van der Waals surface area (Å²) in [5, 5.41) is 0.0384. The minimum absolute atomic E-state index is 0.0354. The lowest BCUT2D eigenvalue weighted by atomic mass is 10.2. The summed E-state index contributed by atoms with van der Waals surface area (Å²) in [6.45, 7) is -0.305. The second-order valence-corrected chi connectivity index (χ2v) is 7.19. The zero-order chi connectivity index (χ0) is 15.6. The van der Waals surface area contributed by atoms with E-state index in [-0.39, 0.29) is 22.0 Å². The number of halogens is 4. The number of benzene rings is 2. The van der Waals surface area contributed by atoms with Gasteiger partial charge in [-0.2, -0.15) is 0 Å². The van der Waals surface area contributed by atoms with Gasteiger partial charge < -0.3 is 0 Å².